The number of hydrogen-bond acceptors (Lipinski definition) is 9. The highest BCUT2D eigenvalue weighted by Crippen LogP contribution is 2.21. The van der Waals surface area contributed by atoms with Crippen LogP contribution in [0, 0.1) is 17.1 Å². The minimum absolute atomic E-state index is 0.0116. The van der Waals surface area contributed by atoms with Crippen molar-refractivity contribution >= 4 is 40.1 Å². The molecule has 12 heteroatoms. The maximum Gasteiger partial charge on any atom is 0.267 e. The predicted molar refractivity (Wildman–Crippen MR) is 124 cm³/mol. The fraction of sp³-hybridized carbons (Fsp3) is 0.143. The average Bonchev–Trinajstić information content (AvgIpc) is 2.74. The number of nitrogens with zero attached hydrogens (tertiary/aromatic N) is 6. The molecule has 0 unspecified atom stereocenters. The molecule has 0 saturated carbocycles. The van der Waals surface area contributed by atoms with Crippen molar-refractivity contribution in [2.24, 2.45) is 0 Å². The SMILES string of the molecule is CCCc1nc2cccc(Cl)c2c(=O)n1-c1cncc(F)c1.N#Cc1c(N)nc(N)nc1N. The molecule has 6 N–H and O–H groups in total. The van der Waals surface area contributed by atoms with E-state index in [-0.39, 0.29) is 28.7 Å². The lowest BCUT2D eigenvalue weighted by Gasteiger charge is -2.13. The second kappa shape index (κ2) is 9.88. The Morgan fingerprint density at radius 3 is 2.45 bits per heavy atom. The van der Waals surface area contributed by atoms with E-state index in [0.29, 0.717) is 33.9 Å². The molecule has 0 aliphatic heterocycles. The second-order valence-electron chi connectivity index (χ2n) is 6.75. The third-order valence-electron chi connectivity index (χ3n) is 4.43. The van der Waals surface area contributed by atoms with Gasteiger partial charge >= 0.3 is 0 Å². The first-order chi connectivity index (χ1) is 15.8. The van der Waals surface area contributed by atoms with E-state index in [0.717, 1.165) is 12.6 Å². The monoisotopic (exact) mass is 467 g/mol. The van der Waals surface area contributed by atoms with Crippen LogP contribution < -0.4 is 22.8 Å². The Morgan fingerprint density at radius 1 is 1.15 bits per heavy atom. The first-order valence-electron chi connectivity index (χ1n) is 9.66. The molecule has 0 bridgehead atoms. The van der Waals surface area contributed by atoms with Gasteiger partial charge in [-0.1, -0.05) is 24.6 Å². The van der Waals surface area contributed by atoms with Crippen LogP contribution in [0.4, 0.5) is 22.0 Å². The van der Waals surface area contributed by atoms with Crippen molar-refractivity contribution in [3.63, 3.8) is 0 Å². The number of benzene rings is 1. The molecule has 0 aliphatic rings. The van der Waals surface area contributed by atoms with E-state index in [4.69, 9.17) is 34.1 Å². The Bertz CT molecular complexity index is 1410. The van der Waals surface area contributed by atoms with Crippen LogP contribution in [0.2, 0.25) is 5.02 Å². The molecule has 0 radical (unpaired) electrons. The highest BCUT2D eigenvalue weighted by atomic mass is 35.5. The minimum Gasteiger partial charge on any atom is -0.382 e. The van der Waals surface area contributed by atoms with Crippen molar-refractivity contribution in [3.05, 3.63) is 69.2 Å². The van der Waals surface area contributed by atoms with Gasteiger partial charge in [0.1, 0.15) is 34.9 Å². The quantitative estimate of drug-likeness (QED) is 0.408. The molecular formula is C21H19ClFN9O. The van der Waals surface area contributed by atoms with E-state index < -0.39 is 5.82 Å². The molecule has 0 spiro atoms. The summed E-state index contributed by atoms with van der Waals surface area (Å²) in [6, 6.07) is 8.16. The zero-order valence-electron chi connectivity index (χ0n) is 17.5. The number of aryl methyl sites for hydroxylation is 1. The Hall–Kier alpha value is -4.30. The van der Waals surface area contributed by atoms with Crippen molar-refractivity contribution in [2.75, 3.05) is 17.2 Å². The van der Waals surface area contributed by atoms with Crippen molar-refractivity contribution in [3.8, 4) is 11.8 Å². The Morgan fingerprint density at radius 2 is 1.85 bits per heavy atom. The summed E-state index contributed by atoms with van der Waals surface area (Å²) < 4.78 is 14.9. The van der Waals surface area contributed by atoms with Crippen molar-refractivity contribution in [2.45, 2.75) is 19.8 Å². The van der Waals surface area contributed by atoms with Gasteiger partial charge in [-0.2, -0.15) is 15.2 Å². The van der Waals surface area contributed by atoms with Crippen LogP contribution in [0.25, 0.3) is 16.6 Å². The smallest absolute Gasteiger partial charge is 0.267 e. The molecule has 0 fully saturated rings. The first kappa shape index (κ1) is 23.4. The number of hydrogen-bond donors (Lipinski definition) is 3. The van der Waals surface area contributed by atoms with Crippen LogP contribution >= 0.6 is 11.6 Å². The van der Waals surface area contributed by atoms with Gasteiger partial charge in [0.05, 0.1) is 34.0 Å². The number of pyridine rings is 1. The summed E-state index contributed by atoms with van der Waals surface area (Å²) in [6.45, 7) is 1.99. The second-order valence-corrected chi connectivity index (χ2v) is 7.16. The number of nitrogens with two attached hydrogens (primary N) is 3. The van der Waals surface area contributed by atoms with Gasteiger partial charge in [-0.3, -0.25) is 14.3 Å². The molecule has 0 saturated heterocycles. The van der Waals surface area contributed by atoms with E-state index >= 15 is 0 Å². The summed E-state index contributed by atoms with van der Waals surface area (Å²) in [5, 5.41) is 9.12. The molecule has 0 aliphatic carbocycles. The first-order valence-corrected chi connectivity index (χ1v) is 10.0. The number of nitriles is 1. The number of aromatic nitrogens is 5. The molecule has 0 amide bonds. The predicted octanol–water partition coefficient (Wildman–Crippen LogP) is 2.62. The summed E-state index contributed by atoms with van der Waals surface area (Å²) in [6.07, 6.45) is 3.93. The average molecular weight is 468 g/mol. The van der Waals surface area contributed by atoms with Gasteiger partial charge < -0.3 is 17.2 Å². The lowest BCUT2D eigenvalue weighted by Crippen LogP contribution is -2.24. The van der Waals surface area contributed by atoms with Crippen LogP contribution in [0.3, 0.4) is 0 Å². The molecule has 33 heavy (non-hydrogen) atoms. The molecule has 168 valence electrons. The summed E-state index contributed by atoms with van der Waals surface area (Å²) in [5.41, 5.74) is 16.4. The van der Waals surface area contributed by atoms with Crippen LogP contribution in [0.5, 0.6) is 0 Å². The van der Waals surface area contributed by atoms with Gasteiger partial charge in [0.15, 0.2) is 0 Å². The number of anilines is 3. The Kier molecular flexibility index (Phi) is 7.00. The van der Waals surface area contributed by atoms with Crippen molar-refractivity contribution in [1.82, 2.24) is 24.5 Å². The fourth-order valence-corrected chi connectivity index (χ4v) is 3.30. The standard InChI is InChI=1S/C16H13ClFN3O.C5H6N6/c1-2-4-14-20-13-6-3-5-12(17)15(13)16(22)21(14)11-7-10(18)8-19-9-11;6-1-2-3(7)10-5(9)11-4(2)8/h3,5-9H,2,4H2,1H3;(H6,7,8,9,10,11). The summed E-state index contributed by atoms with van der Waals surface area (Å²) in [5.74, 6) is 0.0507. The summed E-state index contributed by atoms with van der Waals surface area (Å²) >= 11 is 6.14. The summed E-state index contributed by atoms with van der Waals surface area (Å²) in [7, 11) is 0. The summed E-state index contributed by atoms with van der Waals surface area (Å²) in [4.78, 5) is 28.3. The molecule has 0 atom stereocenters. The van der Waals surface area contributed by atoms with Gasteiger partial charge in [-0.15, -0.1) is 0 Å². The molecule has 4 rings (SSSR count). The van der Waals surface area contributed by atoms with Gasteiger partial charge in [0.25, 0.3) is 5.56 Å². The normalized spacial score (nSPS) is 10.4. The zero-order chi connectivity index (χ0) is 24.1. The van der Waals surface area contributed by atoms with E-state index in [1.807, 2.05) is 6.92 Å². The largest absolute Gasteiger partial charge is 0.382 e. The number of fused-ring (bicyclic) bond motifs is 1. The van der Waals surface area contributed by atoms with E-state index in [1.165, 1.54) is 16.8 Å². The lowest BCUT2D eigenvalue weighted by molar-refractivity contribution is 0.618. The lowest BCUT2D eigenvalue weighted by atomic mass is 10.2. The third kappa shape index (κ3) is 4.97. The molecular weight excluding hydrogens is 449 g/mol. The highest BCUT2D eigenvalue weighted by Gasteiger charge is 2.15. The topological polar surface area (TPSA) is 175 Å². The molecule has 10 nitrogen and oxygen atoms in total. The van der Waals surface area contributed by atoms with Crippen LogP contribution in [0.15, 0.2) is 41.5 Å². The van der Waals surface area contributed by atoms with Gasteiger partial charge in [-0.25, -0.2) is 9.37 Å². The van der Waals surface area contributed by atoms with Gasteiger partial charge in [-0.05, 0) is 18.6 Å². The van der Waals surface area contributed by atoms with Gasteiger partial charge in [0, 0.05) is 12.5 Å². The van der Waals surface area contributed by atoms with E-state index in [2.05, 4.69) is 19.9 Å². The minimum atomic E-state index is -0.508. The maximum atomic E-state index is 13.5. The van der Waals surface area contributed by atoms with E-state index in [9.17, 15) is 9.18 Å². The highest BCUT2D eigenvalue weighted by molar-refractivity contribution is 6.35. The maximum absolute atomic E-state index is 13.5. The molecule has 3 heterocycles. The van der Waals surface area contributed by atoms with Crippen molar-refractivity contribution < 1.29 is 4.39 Å². The third-order valence-corrected chi connectivity index (χ3v) is 4.75. The Labute approximate surface area is 192 Å². The van der Waals surface area contributed by atoms with Crippen LogP contribution in [0.1, 0.15) is 24.7 Å². The fourth-order valence-electron chi connectivity index (χ4n) is 3.05. The van der Waals surface area contributed by atoms with Crippen molar-refractivity contribution in [1.29, 1.82) is 5.26 Å². The molecule has 1 aromatic carbocycles. The van der Waals surface area contributed by atoms with Gasteiger partial charge in [0.2, 0.25) is 5.95 Å². The number of rotatable bonds is 3. The number of halogens is 2. The Balaban J connectivity index is 0.000000235. The van der Waals surface area contributed by atoms with E-state index in [1.54, 1.807) is 24.3 Å². The van der Waals surface area contributed by atoms with Crippen LogP contribution in [-0.4, -0.2) is 24.5 Å². The number of nitrogen functional groups attached to an aromatic ring is 3. The molecule has 3 aromatic heterocycles. The van der Waals surface area contributed by atoms with Crippen LogP contribution in [-0.2, 0) is 6.42 Å². The molecule has 4 aromatic rings. The zero-order valence-corrected chi connectivity index (χ0v) is 18.2.